The van der Waals surface area contributed by atoms with Gasteiger partial charge in [-0.2, -0.15) is 4.98 Å². The largest absolute Gasteiger partial charge is 0.376 e. The molecule has 2 aromatic rings. The molecule has 1 fully saturated rings. The van der Waals surface area contributed by atoms with E-state index in [9.17, 15) is 9.18 Å². The number of ether oxygens (including phenoxy) is 1. The Morgan fingerprint density at radius 3 is 2.92 bits per heavy atom. The first-order valence-electron chi connectivity index (χ1n) is 7.81. The lowest BCUT2D eigenvalue weighted by Crippen LogP contribution is -2.40. The molecule has 1 saturated heterocycles. The number of carbonyl (C=O) groups is 1. The Balaban J connectivity index is 1.51. The topological polar surface area (TPSA) is 80.5 Å². The molecule has 1 N–H and O–H groups in total. The predicted molar refractivity (Wildman–Crippen MR) is 83.5 cm³/mol. The first-order valence-corrected chi connectivity index (χ1v) is 7.81. The van der Waals surface area contributed by atoms with Gasteiger partial charge in [-0.3, -0.25) is 0 Å². The van der Waals surface area contributed by atoms with Crippen molar-refractivity contribution < 1.29 is 18.4 Å². The predicted octanol–water partition coefficient (Wildman–Crippen LogP) is 2.20. The van der Waals surface area contributed by atoms with E-state index < -0.39 is 0 Å². The molecule has 0 saturated carbocycles. The highest BCUT2D eigenvalue weighted by Gasteiger charge is 2.20. The molecule has 8 heteroatoms. The maximum Gasteiger partial charge on any atom is 0.317 e. The molecule has 1 aromatic carbocycles. The highest BCUT2D eigenvalue weighted by Crippen LogP contribution is 2.16. The Morgan fingerprint density at radius 2 is 2.21 bits per heavy atom. The monoisotopic (exact) mass is 334 g/mol. The highest BCUT2D eigenvalue weighted by atomic mass is 19.1. The van der Waals surface area contributed by atoms with Crippen LogP contribution in [0.1, 0.15) is 18.7 Å². The molecule has 0 unspecified atom stereocenters. The van der Waals surface area contributed by atoms with E-state index in [1.165, 1.54) is 12.1 Å². The zero-order valence-corrected chi connectivity index (χ0v) is 13.4. The molecule has 1 aliphatic heterocycles. The van der Waals surface area contributed by atoms with E-state index in [-0.39, 0.29) is 30.4 Å². The quantitative estimate of drug-likeness (QED) is 0.906. The minimum atomic E-state index is -0.330. The van der Waals surface area contributed by atoms with Crippen molar-refractivity contribution in [3.05, 3.63) is 36.0 Å². The molecule has 0 aliphatic carbocycles. The lowest BCUT2D eigenvalue weighted by Gasteiger charge is -2.20. The first kappa shape index (κ1) is 16.4. The Bertz CT molecular complexity index is 683. The maximum atomic E-state index is 12.9. The van der Waals surface area contributed by atoms with Crippen molar-refractivity contribution in [2.24, 2.45) is 0 Å². The normalized spacial score (nSPS) is 17.0. The van der Waals surface area contributed by atoms with Gasteiger partial charge in [0.15, 0.2) is 0 Å². The van der Waals surface area contributed by atoms with Crippen molar-refractivity contribution >= 4 is 6.03 Å². The van der Waals surface area contributed by atoms with Crippen LogP contribution in [-0.2, 0) is 11.3 Å². The summed E-state index contributed by atoms with van der Waals surface area (Å²) in [6.45, 7) is 1.44. The average molecular weight is 334 g/mol. The van der Waals surface area contributed by atoms with E-state index in [2.05, 4.69) is 15.5 Å². The van der Waals surface area contributed by atoms with E-state index in [0.29, 0.717) is 17.9 Å². The number of rotatable bonds is 5. The zero-order chi connectivity index (χ0) is 16.9. The van der Waals surface area contributed by atoms with Crippen LogP contribution in [0.25, 0.3) is 11.4 Å². The number of urea groups is 1. The third-order valence-electron chi connectivity index (χ3n) is 3.81. The third kappa shape index (κ3) is 4.08. The van der Waals surface area contributed by atoms with Gasteiger partial charge in [-0.05, 0) is 37.1 Å². The molecule has 0 bridgehead atoms. The third-order valence-corrected chi connectivity index (χ3v) is 3.81. The lowest BCUT2D eigenvalue weighted by molar-refractivity contribution is 0.0873. The Hall–Kier alpha value is -2.48. The Labute approximate surface area is 138 Å². The number of hydrogen-bond acceptors (Lipinski definition) is 5. The molecule has 1 aromatic heterocycles. The van der Waals surface area contributed by atoms with Gasteiger partial charge >= 0.3 is 6.03 Å². The summed E-state index contributed by atoms with van der Waals surface area (Å²) in [6, 6.07) is 5.56. The van der Waals surface area contributed by atoms with Gasteiger partial charge in [-0.1, -0.05) is 5.16 Å². The van der Waals surface area contributed by atoms with Gasteiger partial charge in [-0.15, -0.1) is 0 Å². The van der Waals surface area contributed by atoms with E-state index >= 15 is 0 Å². The number of likely N-dealkylation sites (N-methyl/N-ethyl adjacent to an activating group) is 1. The van der Waals surface area contributed by atoms with Crippen LogP contribution < -0.4 is 5.32 Å². The summed E-state index contributed by atoms with van der Waals surface area (Å²) >= 11 is 0. The summed E-state index contributed by atoms with van der Waals surface area (Å²) in [7, 11) is 1.72. The second-order valence-corrected chi connectivity index (χ2v) is 5.69. The summed E-state index contributed by atoms with van der Waals surface area (Å²) in [4.78, 5) is 17.8. The summed E-state index contributed by atoms with van der Waals surface area (Å²) in [5.41, 5.74) is 0.647. The van der Waals surface area contributed by atoms with Crippen molar-refractivity contribution in [2.75, 3.05) is 20.2 Å². The second kappa shape index (κ2) is 7.39. The van der Waals surface area contributed by atoms with E-state index in [1.54, 1.807) is 24.1 Å². The van der Waals surface area contributed by atoms with Gasteiger partial charge in [0.2, 0.25) is 11.7 Å². The highest BCUT2D eigenvalue weighted by molar-refractivity contribution is 5.73. The number of nitrogens with zero attached hydrogens (tertiary/aromatic N) is 3. The zero-order valence-electron chi connectivity index (χ0n) is 13.4. The van der Waals surface area contributed by atoms with Crippen LogP contribution in [0.5, 0.6) is 0 Å². The molecule has 1 atom stereocenters. The fourth-order valence-corrected chi connectivity index (χ4v) is 2.51. The van der Waals surface area contributed by atoms with Crippen LogP contribution in [0.2, 0.25) is 0 Å². The van der Waals surface area contributed by atoms with E-state index in [1.807, 2.05) is 0 Å². The molecule has 7 nitrogen and oxygen atoms in total. The molecule has 0 spiro atoms. The summed E-state index contributed by atoms with van der Waals surface area (Å²) < 4.78 is 23.5. The number of carbonyl (C=O) groups excluding carboxylic acids is 1. The van der Waals surface area contributed by atoms with E-state index in [4.69, 9.17) is 9.26 Å². The molecule has 0 radical (unpaired) electrons. The summed E-state index contributed by atoms with van der Waals surface area (Å²) in [5, 5.41) is 6.55. The van der Waals surface area contributed by atoms with Crippen LogP contribution in [0.15, 0.2) is 28.8 Å². The van der Waals surface area contributed by atoms with Crippen LogP contribution >= 0.6 is 0 Å². The lowest BCUT2D eigenvalue weighted by atomic mass is 10.2. The first-order chi connectivity index (χ1) is 11.6. The number of halogens is 1. The van der Waals surface area contributed by atoms with E-state index in [0.717, 1.165) is 19.4 Å². The molecular formula is C16H19FN4O3. The van der Waals surface area contributed by atoms with Gasteiger partial charge in [-0.25, -0.2) is 9.18 Å². The minimum absolute atomic E-state index is 0.106. The number of nitrogens with one attached hydrogen (secondary N) is 1. The Kier molecular flexibility index (Phi) is 5.05. The van der Waals surface area contributed by atoms with Gasteiger partial charge in [0, 0.05) is 25.8 Å². The molecular weight excluding hydrogens is 315 g/mol. The van der Waals surface area contributed by atoms with Crippen LogP contribution in [0, 0.1) is 5.82 Å². The van der Waals surface area contributed by atoms with Crippen molar-refractivity contribution in [2.45, 2.75) is 25.5 Å². The van der Waals surface area contributed by atoms with Crippen LogP contribution in [0.4, 0.5) is 9.18 Å². The summed E-state index contributed by atoms with van der Waals surface area (Å²) in [5.74, 6) is 0.309. The number of benzene rings is 1. The molecule has 2 heterocycles. The molecule has 2 amide bonds. The van der Waals surface area contributed by atoms with Gasteiger partial charge in [0.1, 0.15) is 5.82 Å². The van der Waals surface area contributed by atoms with Gasteiger partial charge in [0.05, 0.1) is 12.6 Å². The average Bonchev–Trinajstić information content (AvgIpc) is 3.25. The van der Waals surface area contributed by atoms with Crippen molar-refractivity contribution in [1.29, 1.82) is 0 Å². The second-order valence-electron chi connectivity index (χ2n) is 5.69. The number of aromatic nitrogens is 2. The SMILES string of the molecule is CN(C[C@H]1CCCO1)C(=O)NCc1nc(-c2ccc(F)cc2)no1. The molecule has 1 aliphatic rings. The number of amides is 2. The summed E-state index contributed by atoms with van der Waals surface area (Å²) in [6.07, 6.45) is 2.12. The smallest absolute Gasteiger partial charge is 0.317 e. The fourth-order valence-electron chi connectivity index (χ4n) is 2.51. The Morgan fingerprint density at radius 1 is 1.42 bits per heavy atom. The van der Waals surface area contributed by atoms with Gasteiger partial charge < -0.3 is 19.5 Å². The van der Waals surface area contributed by atoms with Crippen molar-refractivity contribution in [3.63, 3.8) is 0 Å². The van der Waals surface area contributed by atoms with Crippen LogP contribution in [0.3, 0.4) is 0 Å². The van der Waals surface area contributed by atoms with Crippen molar-refractivity contribution in [1.82, 2.24) is 20.4 Å². The molecule has 24 heavy (non-hydrogen) atoms. The molecule has 3 rings (SSSR count). The number of hydrogen-bond donors (Lipinski definition) is 1. The standard InChI is InChI=1S/C16H19FN4O3/c1-21(10-13-3-2-8-23-13)16(22)18-9-14-19-15(20-24-14)11-4-6-12(17)7-5-11/h4-7,13H,2-3,8-10H2,1H3,(H,18,22)/t13-/m1/s1. The van der Waals surface area contributed by atoms with Crippen molar-refractivity contribution in [3.8, 4) is 11.4 Å². The van der Waals surface area contributed by atoms with Gasteiger partial charge in [0.25, 0.3) is 0 Å². The molecule has 128 valence electrons. The van der Waals surface area contributed by atoms with Crippen LogP contribution in [-0.4, -0.2) is 47.4 Å². The maximum absolute atomic E-state index is 12.9. The fraction of sp³-hybridized carbons (Fsp3) is 0.438. The minimum Gasteiger partial charge on any atom is -0.376 e.